The Hall–Kier alpha value is -0.830. The van der Waals surface area contributed by atoms with Crippen LogP contribution in [0.1, 0.15) is 12.8 Å². The van der Waals surface area contributed by atoms with E-state index in [9.17, 15) is 9.90 Å². The molecule has 2 aliphatic rings. The van der Waals surface area contributed by atoms with Gasteiger partial charge in [0, 0.05) is 18.4 Å². The molecule has 2 rings (SSSR count). The van der Waals surface area contributed by atoms with Crippen LogP contribution >= 0.6 is 0 Å². The van der Waals surface area contributed by atoms with E-state index in [0.29, 0.717) is 5.78 Å². The van der Waals surface area contributed by atoms with Crippen LogP contribution in [-0.4, -0.2) is 24.6 Å². The number of hydrogen-bond acceptors (Lipinski definition) is 3. The summed E-state index contributed by atoms with van der Waals surface area (Å²) in [6.45, 7) is 0.117. The number of carbonyl (C=O) groups is 1. The summed E-state index contributed by atoms with van der Waals surface area (Å²) in [4.78, 5) is 11.7. The molecule has 0 amide bonds. The Morgan fingerprint density at radius 2 is 2.21 bits per heavy atom. The molecule has 78 valence electrons. The number of carbonyl (C=O) groups excluding carboxylic acids is 1. The number of hydrogen-bond donors (Lipinski definition) is 1. The Balaban J connectivity index is 2.16. The molecule has 2 fully saturated rings. The van der Waals surface area contributed by atoms with Gasteiger partial charge in [-0.05, 0) is 30.8 Å². The van der Waals surface area contributed by atoms with E-state index in [1.165, 1.54) is 0 Å². The average molecular weight is 196 g/mol. The van der Waals surface area contributed by atoms with E-state index in [-0.39, 0.29) is 30.3 Å². The molecule has 2 saturated carbocycles. The third-order valence-corrected chi connectivity index (χ3v) is 3.64. The fraction of sp³-hybridized carbons (Fsp3) is 0.727. The van der Waals surface area contributed by atoms with Gasteiger partial charge < -0.3 is 9.84 Å². The molecular weight excluding hydrogens is 180 g/mol. The van der Waals surface area contributed by atoms with Gasteiger partial charge in [0.15, 0.2) is 0 Å². The van der Waals surface area contributed by atoms with Crippen molar-refractivity contribution in [3.8, 4) is 0 Å². The number of ketones is 1. The Labute approximate surface area is 83.8 Å². The molecule has 3 nitrogen and oxygen atoms in total. The number of ether oxygens (including phenoxy) is 1. The molecule has 0 heterocycles. The van der Waals surface area contributed by atoms with E-state index < -0.39 is 0 Å². The largest absolute Gasteiger partial charge is 0.505 e. The maximum atomic E-state index is 11.7. The standard InChI is InChI=1S/C11H16O3/c1-14-5-4-7-8-2-3-9(11(8)13)10(7)6-12/h4-5,7-10,12H,2-3,6H2,1H3. The van der Waals surface area contributed by atoms with Crippen LogP contribution in [0.15, 0.2) is 12.3 Å². The van der Waals surface area contributed by atoms with Gasteiger partial charge in [-0.1, -0.05) is 0 Å². The molecule has 4 unspecified atom stereocenters. The van der Waals surface area contributed by atoms with Gasteiger partial charge in [0.2, 0.25) is 0 Å². The number of Topliss-reactive ketones (excluding diaryl/α,β-unsaturated/α-hetero) is 1. The van der Waals surface area contributed by atoms with Crippen LogP contribution in [0.25, 0.3) is 0 Å². The summed E-state index contributed by atoms with van der Waals surface area (Å²) in [6.07, 6.45) is 5.51. The summed E-state index contributed by atoms with van der Waals surface area (Å²) in [6, 6.07) is 0. The molecule has 3 heteroatoms. The first-order chi connectivity index (χ1) is 6.79. The summed E-state index contributed by atoms with van der Waals surface area (Å²) < 4.78 is 4.87. The highest BCUT2D eigenvalue weighted by atomic mass is 16.5. The fourth-order valence-electron chi connectivity index (χ4n) is 2.99. The smallest absolute Gasteiger partial charge is 0.140 e. The number of rotatable bonds is 3. The van der Waals surface area contributed by atoms with Crippen molar-refractivity contribution < 1.29 is 14.6 Å². The van der Waals surface area contributed by atoms with E-state index in [0.717, 1.165) is 12.8 Å². The molecule has 2 aliphatic carbocycles. The fourth-order valence-corrected chi connectivity index (χ4v) is 2.99. The Morgan fingerprint density at radius 3 is 2.86 bits per heavy atom. The first-order valence-electron chi connectivity index (χ1n) is 5.13. The molecular formula is C11H16O3. The highest BCUT2D eigenvalue weighted by molar-refractivity contribution is 5.88. The minimum Gasteiger partial charge on any atom is -0.505 e. The molecule has 0 aliphatic heterocycles. The number of aliphatic hydroxyl groups excluding tert-OH is 1. The van der Waals surface area contributed by atoms with Gasteiger partial charge in [0.25, 0.3) is 0 Å². The molecule has 0 saturated heterocycles. The minimum atomic E-state index is 0.108. The third kappa shape index (κ3) is 1.27. The van der Waals surface area contributed by atoms with Gasteiger partial charge >= 0.3 is 0 Å². The summed E-state index contributed by atoms with van der Waals surface area (Å²) in [5.74, 6) is 0.939. The van der Waals surface area contributed by atoms with Crippen molar-refractivity contribution in [2.24, 2.45) is 23.7 Å². The van der Waals surface area contributed by atoms with Crippen molar-refractivity contribution in [2.45, 2.75) is 12.8 Å². The lowest BCUT2D eigenvalue weighted by atomic mass is 9.80. The molecule has 0 spiro atoms. The summed E-state index contributed by atoms with van der Waals surface area (Å²) in [5.41, 5.74) is 0. The average Bonchev–Trinajstić information content (AvgIpc) is 2.68. The molecule has 4 atom stereocenters. The topological polar surface area (TPSA) is 46.5 Å². The van der Waals surface area contributed by atoms with Crippen LogP contribution in [0, 0.1) is 23.7 Å². The minimum absolute atomic E-state index is 0.108. The van der Waals surface area contributed by atoms with Gasteiger partial charge in [-0.3, -0.25) is 4.79 Å². The van der Waals surface area contributed by atoms with Gasteiger partial charge in [0.1, 0.15) is 5.78 Å². The highest BCUT2D eigenvalue weighted by Gasteiger charge is 2.52. The predicted molar refractivity (Wildman–Crippen MR) is 51.4 cm³/mol. The molecule has 0 aromatic heterocycles. The summed E-state index contributed by atoms with van der Waals surface area (Å²) in [5, 5.41) is 9.25. The maximum Gasteiger partial charge on any atom is 0.140 e. The van der Waals surface area contributed by atoms with Crippen molar-refractivity contribution >= 4 is 5.78 Å². The Bertz CT molecular complexity index is 259. The van der Waals surface area contributed by atoms with Crippen LogP contribution in [0.2, 0.25) is 0 Å². The monoisotopic (exact) mass is 196 g/mol. The van der Waals surface area contributed by atoms with Gasteiger partial charge in [-0.2, -0.15) is 0 Å². The Morgan fingerprint density at radius 1 is 1.50 bits per heavy atom. The number of aliphatic hydroxyl groups is 1. The lowest BCUT2D eigenvalue weighted by Gasteiger charge is -2.25. The summed E-state index contributed by atoms with van der Waals surface area (Å²) in [7, 11) is 1.60. The number of fused-ring (bicyclic) bond motifs is 2. The number of methoxy groups -OCH3 is 1. The predicted octanol–water partition coefficient (Wildman–Crippen LogP) is 0.980. The second-order valence-corrected chi connectivity index (χ2v) is 4.18. The van der Waals surface area contributed by atoms with E-state index in [2.05, 4.69) is 0 Å². The van der Waals surface area contributed by atoms with Crippen molar-refractivity contribution in [3.63, 3.8) is 0 Å². The maximum absolute atomic E-state index is 11.7. The second-order valence-electron chi connectivity index (χ2n) is 4.18. The van der Waals surface area contributed by atoms with E-state index in [4.69, 9.17) is 4.74 Å². The lowest BCUT2D eigenvalue weighted by molar-refractivity contribution is -0.122. The molecule has 14 heavy (non-hydrogen) atoms. The van der Waals surface area contributed by atoms with Crippen LogP contribution in [-0.2, 0) is 9.53 Å². The zero-order valence-electron chi connectivity index (χ0n) is 8.35. The van der Waals surface area contributed by atoms with Crippen molar-refractivity contribution in [2.75, 3.05) is 13.7 Å². The van der Waals surface area contributed by atoms with Crippen LogP contribution in [0.5, 0.6) is 0 Å². The van der Waals surface area contributed by atoms with Gasteiger partial charge in [0.05, 0.1) is 13.4 Å². The van der Waals surface area contributed by atoms with Crippen molar-refractivity contribution in [3.05, 3.63) is 12.3 Å². The second kappa shape index (κ2) is 3.73. The molecule has 0 radical (unpaired) electrons. The molecule has 0 aromatic rings. The van der Waals surface area contributed by atoms with Crippen LogP contribution in [0.3, 0.4) is 0 Å². The zero-order chi connectivity index (χ0) is 10.1. The molecule has 2 bridgehead atoms. The van der Waals surface area contributed by atoms with Gasteiger partial charge in [-0.15, -0.1) is 0 Å². The first kappa shape index (κ1) is 9.71. The normalized spacial score (nSPS) is 41.1. The molecule has 0 aromatic carbocycles. The Kier molecular flexibility index (Phi) is 2.59. The van der Waals surface area contributed by atoms with Crippen molar-refractivity contribution in [1.82, 2.24) is 0 Å². The lowest BCUT2D eigenvalue weighted by Crippen LogP contribution is -2.23. The number of allylic oxidation sites excluding steroid dienone is 1. The SMILES string of the molecule is COC=CC1C2CCC(C2=O)C1CO. The van der Waals surface area contributed by atoms with Crippen LogP contribution < -0.4 is 0 Å². The van der Waals surface area contributed by atoms with E-state index in [1.54, 1.807) is 13.4 Å². The quantitative estimate of drug-likeness (QED) is 0.684. The zero-order valence-corrected chi connectivity index (χ0v) is 8.35. The van der Waals surface area contributed by atoms with Gasteiger partial charge in [-0.25, -0.2) is 0 Å². The highest BCUT2D eigenvalue weighted by Crippen LogP contribution is 2.49. The van der Waals surface area contributed by atoms with E-state index >= 15 is 0 Å². The molecule has 1 N–H and O–H groups in total. The third-order valence-electron chi connectivity index (χ3n) is 3.64. The van der Waals surface area contributed by atoms with Crippen molar-refractivity contribution in [1.29, 1.82) is 0 Å². The van der Waals surface area contributed by atoms with E-state index in [1.807, 2.05) is 6.08 Å². The first-order valence-corrected chi connectivity index (χ1v) is 5.13. The van der Waals surface area contributed by atoms with Crippen LogP contribution in [0.4, 0.5) is 0 Å². The summed E-state index contributed by atoms with van der Waals surface area (Å²) >= 11 is 0.